The number of carbonyl (C=O) groups is 1. The van der Waals surface area contributed by atoms with Gasteiger partial charge in [-0.05, 0) is 17.0 Å². The zero-order valence-electron chi connectivity index (χ0n) is 15.3. The Morgan fingerprint density at radius 2 is 1.79 bits per heavy atom. The molecule has 4 rings (SSSR count). The second kappa shape index (κ2) is 8.39. The predicted molar refractivity (Wildman–Crippen MR) is 109 cm³/mol. The van der Waals surface area contributed by atoms with E-state index >= 15 is 0 Å². The van der Waals surface area contributed by atoms with Crippen LogP contribution in [-0.2, 0) is 11.2 Å². The zero-order chi connectivity index (χ0) is 19.2. The Balaban J connectivity index is 1.45. The molecule has 5 nitrogen and oxygen atoms in total. The zero-order valence-corrected chi connectivity index (χ0v) is 15.3. The first-order valence-corrected chi connectivity index (χ1v) is 9.23. The number of carbonyl (C=O) groups excluding carboxylic acids is 1. The van der Waals surface area contributed by atoms with Gasteiger partial charge < -0.3 is 15.0 Å². The van der Waals surface area contributed by atoms with E-state index in [1.165, 1.54) is 0 Å². The van der Waals surface area contributed by atoms with Crippen molar-refractivity contribution in [3.63, 3.8) is 0 Å². The molecule has 28 heavy (non-hydrogen) atoms. The van der Waals surface area contributed by atoms with E-state index in [-0.39, 0.29) is 18.6 Å². The van der Waals surface area contributed by atoms with Gasteiger partial charge in [0.15, 0.2) is 6.61 Å². The molecule has 3 aromatic carbocycles. The lowest BCUT2D eigenvalue weighted by Gasteiger charge is -2.19. The predicted octanol–water partition coefficient (Wildman–Crippen LogP) is 4.04. The molecule has 140 valence electrons. The monoisotopic (exact) mass is 371 g/mol. The van der Waals surface area contributed by atoms with Crippen molar-refractivity contribution in [1.82, 2.24) is 15.3 Å². The summed E-state index contributed by atoms with van der Waals surface area (Å²) in [5.74, 6) is 1.35. The van der Waals surface area contributed by atoms with E-state index < -0.39 is 0 Å². The van der Waals surface area contributed by atoms with E-state index in [2.05, 4.69) is 15.3 Å². The van der Waals surface area contributed by atoms with Crippen LogP contribution in [0.2, 0.25) is 0 Å². The van der Waals surface area contributed by atoms with Crippen LogP contribution in [0.4, 0.5) is 0 Å². The van der Waals surface area contributed by atoms with Gasteiger partial charge in [-0.15, -0.1) is 0 Å². The normalized spacial score (nSPS) is 11.9. The molecule has 0 bridgehead atoms. The fourth-order valence-corrected chi connectivity index (χ4v) is 3.24. The summed E-state index contributed by atoms with van der Waals surface area (Å²) >= 11 is 0. The molecule has 0 aliphatic carbocycles. The minimum atomic E-state index is -0.184. The summed E-state index contributed by atoms with van der Waals surface area (Å²) in [4.78, 5) is 20.0. The smallest absolute Gasteiger partial charge is 0.258 e. The number of aromatic nitrogens is 2. The van der Waals surface area contributed by atoms with Crippen molar-refractivity contribution in [3.8, 4) is 5.75 Å². The SMILES string of the molecule is O=C(COc1cccc2ccccc12)N[C@@H](Cc1ncc[nH]1)c1ccccc1. The Morgan fingerprint density at radius 3 is 2.61 bits per heavy atom. The van der Waals surface area contributed by atoms with Gasteiger partial charge in [-0.25, -0.2) is 4.98 Å². The Labute approximate surface area is 163 Å². The molecule has 0 aliphatic rings. The molecule has 0 fully saturated rings. The van der Waals surface area contributed by atoms with E-state index in [9.17, 15) is 4.79 Å². The van der Waals surface area contributed by atoms with Gasteiger partial charge in [0.1, 0.15) is 11.6 Å². The average Bonchev–Trinajstić information content (AvgIpc) is 3.25. The average molecular weight is 371 g/mol. The number of H-pyrrole nitrogens is 1. The molecular weight excluding hydrogens is 350 g/mol. The molecule has 1 amide bonds. The van der Waals surface area contributed by atoms with Crippen LogP contribution >= 0.6 is 0 Å². The number of benzene rings is 3. The molecule has 1 aromatic heterocycles. The van der Waals surface area contributed by atoms with Crippen molar-refractivity contribution in [2.45, 2.75) is 12.5 Å². The topological polar surface area (TPSA) is 67.0 Å². The molecule has 0 saturated carbocycles. The number of nitrogens with zero attached hydrogens (tertiary/aromatic N) is 1. The standard InChI is InChI=1S/C23H21N3O2/c27-23(16-28-21-12-6-10-17-7-4-5-11-19(17)21)26-20(15-22-24-13-14-25-22)18-8-2-1-3-9-18/h1-14,20H,15-16H2,(H,24,25)(H,26,27)/t20-/m0/s1. The molecule has 0 unspecified atom stereocenters. The highest BCUT2D eigenvalue weighted by molar-refractivity contribution is 5.88. The lowest BCUT2D eigenvalue weighted by Crippen LogP contribution is -2.34. The third-order valence-electron chi connectivity index (χ3n) is 4.60. The number of rotatable bonds is 7. The number of imidazole rings is 1. The van der Waals surface area contributed by atoms with E-state index in [1.807, 2.05) is 72.8 Å². The third-order valence-corrected chi connectivity index (χ3v) is 4.60. The van der Waals surface area contributed by atoms with Crippen LogP contribution < -0.4 is 10.1 Å². The second-order valence-electron chi connectivity index (χ2n) is 6.54. The van der Waals surface area contributed by atoms with Crippen molar-refractivity contribution in [2.24, 2.45) is 0 Å². The molecule has 0 radical (unpaired) electrons. The molecule has 0 saturated heterocycles. The first-order valence-electron chi connectivity index (χ1n) is 9.23. The number of hydrogen-bond donors (Lipinski definition) is 2. The summed E-state index contributed by atoms with van der Waals surface area (Å²) in [6, 6.07) is 23.5. The maximum absolute atomic E-state index is 12.6. The molecule has 0 spiro atoms. The maximum atomic E-state index is 12.6. The van der Waals surface area contributed by atoms with Crippen molar-refractivity contribution >= 4 is 16.7 Å². The summed E-state index contributed by atoms with van der Waals surface area (Å²) in [6.45, 7) is -0.0461. The lowest BCUT2D eigenvalue weighted by molar-refractivity contribution is -0.123. The van der Waals surface area contributed by atoms with E-state index in [0.717, 1.165) is 22.2 Å². The van der Waals surface area contributed by atoms with Gasteiger partial charge in [-0.1, -0.05) is 66.7 Å². The van der Waals surface area contributed by atoms with Gasteiger partial charge in [-0.3, -0.25) is 4.79 Å². The molecular formula is C23H21N3O2. The minimum absolute atomic E-state index is 0.0461. The molecule has 1 heterocycles. The second-order valence-corrected chi connectivity index (χ2v) is 6.54. The largest absolute Gasteiger partial charge is 0.483 e. The highest BCUT2D eigenvalue weighted by Crippen LogP contribution is 2.25. The number of fused-ring (bicyclic) bond motifs is 1. The van der Waals surface area contributed by atoms with Gasteiger partial charge in [0.05, 0.1) is 6.04 Å². The molecule has 5 heteroatoms. The molecule has 0 aliphatic heterocycles. The van der Waals surface area contributed by atoms with E-state index in [4.69, 9.17) is 4.74 Å². The van der Waals surface area contributed by atoms with E-state index in [1.54, 1.807) is 12.4 Å². The van der Waals surface area contributed by atoms with Crippen LogP contribution in [0.3, 0.4) is 0 Å². The van der Waals surface area contributed by atoms with Crippen molar-refractivity contribution < 1.29 is 9.53 Å². The summed E-state index contributed by atoms with van der Waals surface area (Å²) in [5, 5.41) is 5.14. The fraction of sp³-hybridized carbons (Fsp3) is 0.130. The maximum Gasteiger partial charge on any atom is 0.258 e. The Kier molecular flexibility index (Phi) is 5.33. The summed E-state index contributed by atoms with van der Waals surface area (Å²) in [6.07, 6.45) is 4.07. The molecule has 2 N–H and O–H groups in total. The van der Waals surface area contributed by atoms with Gasteiger partial charge >= 0.3 is 0 Å². The van der Waals surface area contributed by atoms with Gasteiger partial charge in [0, 0.05) is 24.2 Å². The first kappa shape index (κ1) is 17.8. The van der Waals surface area contributed by atoms with Crippen molar-refractivity contribution in [2.75, 3.05) is 6.61 Å². The molecule has 1 atom stereocenters. The van der Waals surface area contributed by atoms with Crippen LogP contribution in [0, 0.1) is 0 Å². The number of hydrogen-bond acceptors (Lipinski definition) is 3. The Morgan fingerprint density at radius 1 is 1.00 bits per heavy atom. The summed E-state index contributed by atoms with van der Waals surface area (Å²) in [7, 11) is 0. The van der Waals surface area contributed by atoms with Crippen molar-refractivity contribution in [3.05, 3.63) is 96.6 Å². The van der Waals surface area contributed by atoms with Gasteiger partial charge in [-0.2, -0.15) is 0 Å². The Bertz CT molecular complexity index is 1040. The highest BCUT2D eigenvalue weighted by atomic mass is 16.5. The van der Waals surface area contributed by atoms with Crippen LogP contribution in [0.1, 0.15) is 17.4 Å². The number of nitrogens with one attached hydrogen (secondary N) is 2. The van der Waals surface area contributed by atoms with Crippen molar-refractivity contribution in [1.29, 1.82) is 0 Å². The Hall–Kier alpha value is -3.60. The number of aromatic amines is 1. The third kappa shape index (κ3) is 4.20. The minimum Gasteiger partial charge on any atom is -0.483 e. The van der Waals surface area contributed by atoms with Crippen LogP contribution in [0.15, 0.2) is 85.2 Å². The highest BCUT2D eigenvalue weighted by Gasteiger charge is 2.17. The summed E-state index contributed by atoms with van der Waals surface area (Å²) in [5.41, 5.74) is 1.03. The molecule has 4 aromatic rings. The summed E-state index contributed by atoms with van der Waals surface area (Å²) < 4.78 is 5.82. The quantitative estimate of drug-likeness (QED) is 0.515. The number of amides is 1. The van der Waals surface area contributed by atoms with Gasteiger partial charge in [0.25, 0.3) is 5.91 Å². The number of ether oxygens (including phenoxy) is 1. The van der Waals surface area contributed by atoms with Crippen LogP contribution in [0.25, 0.3) is 10.8 Å². The van der Waals surface area contributed by atoms with Crippen LogP contribution in [0.5, 0.6) is 5.75 Å². The van der Waals surface area contributed by atoms with Crippen LogP contribution in [-0.4, -0.2) is 22.5 Å². The lowest BCUT2D eigenvalue weighted by atomic mass is 10.0. The van der Waals surface area contributed by atoms with Gasteiger partial charge in [0.2, 0.25) is 0 Å². The van der Waals surface area contributed by atoms with E-state index in [0.29, 0.717) is 12.2 Å². The fourth-order valence-electron chi connectivity index (χ4n) is 3.24. The first-order chi connectivity index (χ1) is 13.8.